The molecule has 0 bridgehead atoms. The highest BCUT2D eigenvalue weighted by atomic mass is 16.1. The summed E-state index contributed by atoms with van der Waals surface area (Å²) in [6, 6.07) is 13.1. The second-order valence-corrected chi connectivity index (χ2v) is 6.30. The monoisotopic (exact) mass is 362 g/mol. The molecular weight excluding hydrogens is 340 g/mol. The van der Waals surface area contributed by atoms with Crippen LogP contribution in [0.2, 0.25) is 0 Å². The van der Waals surface area contributed by atoms with Gasteiger partial charge < -0.3 is 15.5 Å². The third kappa shape index (κ3) is 5.01. The Hall–Kier alpha value is -3.48. The molecular formula is C20H22N6O. The maximum absolute atomic E-state index is 12.6. The molecule has 0 aliphatic carbocycles. The number of hydrogen-bond acceptors (Lipinski definition) is 6. The number of benzene rings is 1. The van der Waals surface area contributed by atoms with E-state index in [0.29, 0.717) is 29.6 Å². The van der Waals surface area contributed by atoms with Gasteiger partial charge in [-0.1, -0.05) is 6.07 Å². The van der Waals surface area contributed by atoms with Crippen molar-refractivity contribution in [3.05, 3.63) is 71.9 Å². The molecule has 7 nitrogen and oxygen atoms in total. The number of aromatic nitrogens is 3. The van der Waals surface area contributed by atoms with Crippen LogP contribution in [0.1, 0.15) is 21.9 Å². The van der Waals surface area contributed by atoms with E-state index in [0.717, 1.165) is 11.3 Å². The van der Waals surface area contributed by atoms with Crippen LogP contribution in [0.5, 0.6) is 0 Å². The number of pyridine rings is 1. The van der Waals surface area contributed by atoms with Crippen molar-refractivity contribution < 1.29 is 4.79 Å². The van der Waals surface area contributed by atoms with Crippen LogP contribution < -0.4 is 15.5 Å². The summed E-state index contributed by atoms with van der Waals surface area (Å²) in [5.74, 6) is 0.848. The lowest BCUT2D eigenvalue weighted by Crippen LogP contribution is -2.16. The van der Waals surface area contributed by atoms with E-state index >= 15 is 0 Å². The number of nitrogens with zero attached hydrogens (tertiary/aromatic N) is 4. The third-order valence-electron chi connectivity index (χ3n) is 3.91. The van der Waals surface area contributed by atoms with Gasteiger partial charge in [0.1, 0.15) is 17.3 Å². The van der Waals surface area contributed by atoms with Crippen molar-refractivity contribution in [2.24, 2.45) is 0 Å². The molecule has 0 atom stereocenters. The van der Waals surface area contributed by atoms with E-state index in [-0.39, 0.29) is 5.91 Å². The SMILES string of the molecule is Cc1nc(NCc2cccnc2)cc(C(=O)Nc2ccc(N(C)C)cc2)n1. The highest BCUT2D eigenvalue weighted by molar-refractivity contribution is 6.03. The Morgan fingerprint density at radius 3 is 2.56 bits per heavy atom. The zero-order chi connectivity index (χ0) is 19.2. The number of aryl methyl sites for hydroxylation is 1. The second kappa shape index (κ2) is 8.27. The van der Waals surface area contributed by atoms with E-state index in [1.807, 2.05) is 55.4 Å². The van der Waals surface area contributed by atoms with Gasteiger partial charge in [0, 0.05) is 50.5 Å². The molecule has 138 valence electrons. The van der Waals surface area contributed by atoms with Gasteiger partial charge in [0.05, 0.1) is 0 Å². The zero-order valence-corrected chi connectivity index (χ0v) is 15.6. The summed E-state index contributed by atoms with van der Waals surface area (Å²) in [7, 11) is 3.94. The number of hydrogen-bond donors (Lipinski definition) is 2. The first-order chi connectivity index (χ1) is 13.0. The number of carbonyl (C=O) groups is 1. The summed E-state index contributed by atoms with van der Waals surface area (Å²) in [5.41, 5.74) is 3.12. The molecule has 2 heterocycles. The van der Waals surface area contributed by atoms with Crippen molar-refractivity contribution in [2.45, 2.75) is 13.5 Å². The van der Waals surface area contributed by atoms with Crippen molar-refractivity contribution in [2.75, 3.05) is 29.6 Å². The second-order valence-electron chi connectivity index (χ2n) is 6.30. The van der Waals surface area contributed by atoms with Crippen LogP contribution in [0.3, 0.4) is 0 Å². The fourth-order valence-electron chi connectivity index (χ4n) is 2.51. The van der Waals surface area contributed by atoms with Gasteiger partial charge in [-0.2, -0.15) is 0 Å². The maximum atomic E-state index is 12.6. The van der Waals surface area contributed by atoms with Crippen LogP contribution in [0.15, 0.2) is 54.9 Å². The van der Waals surface area contributed by atoms with Crippen LogP contribution in [-0.4, -0.2) is 35.0 Å². The lowest BCUT2D eigenvalue weighted by molar-refractivity contribution is 0.102. The molecule has 0 aliphatic rings. The topological polar surface area (TPSA) is 83.0 Å². The van der Waals surface area contributed by atoms with Gasteiger partial charge >= 0.3 is 0 Å². The number of anilines is 3. The van der Waals surface area contributed by atoms with Gasteiger partial charge in [-0.15, -0.1) is 0 Å². The molecule has 0 fully saturated rings. The van der Waals surface area contributed by atoms with Gasteiger partial charge in [0.2, 0.25) is 0 Å². The van der Waals surface area contributed by atoms with Crippen LogP contribution in [0, 0.1) is 6.92 Å². The van der Waals surface area contributed by atoms with Gasteiger partial charge in [-0.3, -0.25) is 9.78 Å². The van der Waals surface area contributed by atoms with E-state index in [4.69, 9.17) is 0 Å². The Morgan fingerprint density at radius 1 is 1.11 bits per heavy atom. The van der Waals surface area contributed by atoms with Gasteiger partial charge in [-0.25, -0.2) is 9.97 Å². The molecule has 3 aromatic rings. The molecule has 0 radical (unpaired) electrons. The van der Waals surface area contributed by atoms with Crippen molar-refractivity contribution in [3.8, 4) is 0 Å². The largest absolute Gasteiger partial charge is 0.378 e. The standard InChI is InChI=1S/C20H22N6O/c1-14-23-18(11-19(24-14)22-13-15-5-4-10-21-12-15)20(27)25-16-6-8-17(9-7-16)26(2)3/h4-12H,13H2,1-3H3,(H,25,27)(H,22,23,24). The normalized spacial score (nSPS) is 10.3. The first kappa shape index (κ1) is 18.3. The molecule has 1 amide bonds. The number of nitrogens with one attached hydrogen (secondary N) is 2. The fraction of sp³-hybridized carbons (Fsp3) is 0.200. The van der Waals surface area contributed by atoms with Crippen LogP contribution in [0.25, 0.3) is 0 Å². The smallest absolute Gasteiger partial charge is 0.274 e. The average molecular weight is 362 g/mol. The Bertz CT molecular complexity index is 910. The first-order valence-electron chi connectivity index (χ1n) is 8.58. The van der Waals surface area contributed by atoms with Gasteiger partial charge in [0.25, 0.3) is 5.91 Å². The Balaban J connectivity index is 1.69. The predicted molar refractivity (Wildman–Crippen MR) is 107 cm³/mol. The number of rotatable bonds is 6. The van der Waals surface area contributed by atoms with E-state index in [2.05, 4.69) is 25.6 Å². The van der Waals surface area contributed by atoms with Crippen molar-refractivity contribution >= 4 is 23.1 Å². The molecule has 27 heavy (non-hydrogen) atoms. The minimum atomic E-state index is -0.275. The third-order valence-corrected chi connectivity index (χ3v) is 3.91. The van der Waals surface area contributed by atoms with Crippen molar-refractivity contribution in [1.82, 2.24) is 15.0 Å². The quantitative estimate of drug-likeness (QED) is 0.701. The van der Waals surface area contributed by atoms with Gasteiger partial charge in [0.15, 0.2) is 0 Å². The highest BCUT2D eigenvalue weighted by Crippen LogP contribution is 2.17. The summed E-state index contributed by atoms with van der Waals surface area (Å²) in [5, 5.41) is 6.07. The summed E-state index contributed by atoms with van der Waals surface area (Å²) in [6.07, 6.45) is 3.51. The lowest BCUT2D eigenvalue weighted by atomic mass is 10.2. The minimum Gasteiger partial charge on any atom is -0.378 e. The van der Waals surface area contributed by atoms with Crippen LogP contribution in [0.4, 0.5) is 17.2 Å². The lowest BCUT2D eigenvalue weighted by Gasteiger charge is -2.13. The minimum absolute atomic E-state index is 0.275. The highest BCUT2D eigenvalue weighted by Gasteiger charge is 2.11. The van der Waals surface area contributed by atoms with Crippen LogP contribution in [-0.2, 0) is 6.54 Å². The Kier molecular flexibility index (Phi) is 5.61. The molecule has 0 spiro atoms. The summed E-state index contributed by atoms with van der Waals surface area (Å²) >= 11 is 0. The fourth-order valence-corrected chi connectivity index (χ4v) is 2.51. The first-order valence-corrected chi connectivity index (χ1v) is 8.58. The molecule has 0 aliphatic heterocycles. The van der Waals surface area contributed by atoms with Gasteiger partial charge in [-0.05, 0) is 42.8 Å². The maximum Gasteiger partial charge on any atom is 0.274 e. The zero-order valence-electron chi connectivity index (χ0n) is 15.6. The Labute approximate surface area is 158 Å². The molecule has 7 heteroatoms. The predicted octanol–water partition coefficient (Wildman–Crippen LogP) is 3.11. The summed E-state index contributed by atoms with van der Waals surface area (Å²) < 4.78 is 0. The van der Waals surface area contributed by atoms with Crippen LogP contribution >= 0.6 is 0 Å². The Morgan fingerprint density at radius 2 is 1.89 bits per heavy atom. The van der Waals surface area contributed by atoms with E-state index in [1.54, 1.807) is 25.4 Å². The molecule has 2 N–H and O–H groups in total. The van der Waals surface area contributed by atoms with E-state index in [1.165, 1.54) is 0 Å². The molecule has 0 unspecified atom stereocenters. The van der Waals surface area contributed by atoms with Crippen molar-refractivity contribution in [3.63, 3.8) is 0 Å². The average Bonchev–Trinajstić information content (AvgIpc) is 2.67. The molecule has 3 rings (SSSR count). The van der Waals surface area contributed by atoms with Crippen molar-refractivity contribution in [1.29, 1.82) is 0 Å². The molecule has 1 aromatic carbocycles. The number of amides is 1. The van der Waals surface area contributed by atoms with E-state index < -0.39 is 0 Å². The van der Waals surface area contributed by atoms with E-state index in [9.17, 15) is 4.79 Å². The summed E-state index contributed by atoms with van der Waals surface area (Å²) in [4.78, 5) is 27.2. The number of carbonyl (C=O) groups excluding carboxylic acids is 1. The molecule has 2 aromatic heterocycles. The molecule has 0 saturated heterocycles. The molecule has 0 saturated carbocycles. The summed E-state index contributed by atoms with van der Waals surface area (Å²) in [6.45, 7) is 2.33.